The van der Waals surface area contributed by atoms with Crippen molar-refractivity contribution in [3.05, 3.63) is 60.0 Å². The Labute approximate surface area is 145 Å². The van der Waals surface area contributed by atoms with Gasteiger partial charge in [-0.25, -0.2) is 18.1 Å². The van der Waals surface area contributed by atoms with Crippen molar-refractivity contribution in [1.82, 2.24) is 14.1 Å². The monoisotopic (exact) mass is 358 g/mol. The predicted molar refractivity (Wildman–Crippen MR) is 94.7 cm³/mol. The number of hydrogen-bond donors (Lipinski definition) is 2. The highest BCUT2D eigenvalue weighted by Crippen LogP contribution is 2.16. The fourth-order valence-corrected chi connectivity index (χ4v) is 3.53. The third-order valence-corrected chi connectivity index (χ3v) is 5.16. The largest absolute Gasteiger partial charge is 0.326 e. The summed E-state index contributed by atoms with van der Waals surface area (Å²) in [6.45, 7) is 3.37. The van der Waals surface area contributed by atoms with Gasteiger partial charge in [-0.05, 0) is 43.3 Å². The Bertz CT molecular complexity index is 1020. The van der Waals surface area contributed by atoms with Crippen LogP contribution in [0.15, 0.2) is 53.6 Å². The Morgan fingerprint density at radius 1 is 1.16 bits per heavy atom. The van der Waals surface area contributed by atoms with Crippen LogP contribution in [-0.4, -0.2) is 23.7 Å². The number of carbonyl (C=O) groups is 1. The maximum absolute atomic E-state index is 12.5. The summed E-state index contributed by atoms with van der Waals surface area (Å²) in [5.41, 5.74) is 2.88. The van der Waals surface area contributed by atoms with Crippen LogP contribution >= 0.6 is 0 Å². The highest BCUT2D eigenvalue weighted by Gasteiger charge is 2.16. The van der Waals surface area contributed by atoms with E-state index in [9.17, 15) is 13.2 Å². The smallest absolute Gasteiger partial charge is 0.240 e. The fraction of sp³-hybridized carbons (Fsp3) is 0.176. The Morgan fingerprint density at radius 3 is 2.56 bits per heavy atom. The Morgan fingerprint density at radius 2 is 1.88 bits per heavy atom. The van der Waals surface area contributed by atoms with E-state index in [4.69, 9.17) is 0 Å². The Kier molecular flexibility index (Phi) is 4.56. The highest BCUT2D eigenvalue weighted by molar-refractivity contribution is 7.89. The molecule has 0 saturated carbocycles. The molecule has 0 spiro atoms. The van der Waals surface area contributed by atoms with Gasteiger partial charge >= 0.3 is 0 Å². The lowest BCUT2D eigenvalue weighted by atomic mass is 10.3. The molecule has 0 unspecified atom stereocenters. The van der Waals surface area contributed by atoms with Crippen LogP contribution in [0, 0.1) is 6.92 Å². The summed E-state index contributed by atoms with van der Waals surface area (Å²) in [6, 6.07) is 11.6. The van der Waals surface area contributed by atoms with Gasteiger partial charge in [0.1, 0.15) is 5.65 Å². The second-order valence-corrected chi connectivity index (χ2v) is 7.37. The van der Waals surface area contributed by atoms with Crippen molar-refractivity contribution in [1.29, 1.82) is 0 Å². The number of sulfonamides is 1. The predicted octanol–water partition coefficient (Wildman–Crippen LogP) is 2.08. The molecular weight excluding hydrogens is 340 g/mol. The summed E-state index contributed by atoms with van der Waals surface area (Å²) in [5.74, 6) is -0.211. The van der Waals surface area contributed by atoms with E-state index < -0.39 is 10.0 Å². The number of rotatable bonds is 5. The number of anilines is 1. The Hall–Kier alpha value is -2.71. The molecule has 0 aliphatic heterocycles. The summed E-state index contributed by atoms with van der Waals surface area (Å²) in [5, 5.41) is 2.60. The third kappa shape index (κ3) is 3.70. The number of aryl methyl sites for hydroxylation is 1. The lowest BCUT2D eigenvalue weighted by Crippen LogP contribution is -2.24. The van der Waals surface area contributed by atoms with Gasteiger partial charge in [0.15, 0.2) is 0 Å². The molecule has 25 heavy (non-hydrogen) atoms. The first-order valence-electron chi connectivity index (χ1n) is 7.67. The summed E-state index contributed by atoms with van der Waals surface area (Å²) in [6.07, 6.45) is 1.85. The summed E-state index contributed by atoms with van der Waals surface area (Å²) >= 11 is 0. The Balaban J connectivity index is 1.79. The number of nitrogens with one attached hydrogen (secondary N) is 2. The summed E-state index contributed by atoms with van der Waals surface area (Å²) in [4.78, 5) is 15.6. The normalized spacial score (nSPS) is 11.6. The number of nitrogens with zero attached hydrogens (tertiary/aromatic N) is 2. The first-order chi connectivity index (χ1) is 11.9. The highest BCUT2D eigenvalue weighted by atomic mass is 32.2. The number of aromatic nitrogens is 2. The van der Waals surface area contributed by atoms with Crippen molar-refractivity contribution in [3.8, 4) is 0 Å². The fourth-order valence-electron chi connectivity index (χ4n) is 2.54. The molecule has 1 aromatic carbocycles. The molecular formula is C17H18N4O3S. The molecule has 7 nitrogen and oxygen atoms in total. The van der Waals surface area contributed by atoms with Gasteiger partial charge in [-0.2, -0.15) is 0 Å². The van der Waals surface area contributed by atoms with Crippen LogP contribution in [-0.2, 0) is 21.4 Å². The molecule has 8 heteroatoms. The van der Waals surface area contributed by atoms with Crippen LogP contribution < -0.4 is 10.0 Å². The molecule has 130 valence electrons. The SMILES string of the molecule is CC(=O)Nc1ccc(S(=O)(=O)NCc2c(C)nc3ccccn23)cc1. The zero-order valence-corrected chi connectivity index (χ0v) is 14.7. The van der Waals surface area contributed by atoms with Gasteiger partial charge in [-0.1, -0.05) is 6.07 Å². The lowest BCUT2D eigenvalue weighted by Gasteiger charge is -2.09. The van der Waals surface area contributed by atoms with Gasteiger partial charge in [-0.3, -0.25) is 4.79 Å². The van der Waals surface area contributed by atoms with E-state index in [0.717, 1.165) is 17.0 Å². The molecule has 0 bridgehead atoms. The molecule has 0 saturated heterocycles. The minimum atomic E-state index is -3.67. The van der Waals surface area contributed by atoms with E-state index in [2.05, 4.69) is 15.0 Å². The van der Waals surface area contributed by atoms with Crippen molar-refractivity contribution < 1.29 is 13.2 Å². The van der Waals surface area contributed by atoms with Crippen LogP contribution in [0.5, 0.6) is 0 Å². The molecule has 0 aliphatic rings. The molecule has 3 rings (SSSR count). The van der Waals surface area contributed by atoms with Crippen LogP contribution in [0.2, 0.25) is 0 Å². The summed E-state index contributed by atoms with van der Waals surface area (Å²) < 4.78 is 29.4. The number of carbonyl (C=O) groups excluding carboxylic acids is 1. The molecule has 2 aromatic heterocycles. The van der Waals surface area contributed by atoms with Crippen molar-refractivity contribution in [2.75, 3.05) is 5.32 Å². The number of imidazole rings is 1. The molecule has 0 fully saturated rings. The van der Waals surface area contributed by atoms with Crippen LogP contribution in [0.1, 0.15) is 18.3 Å². The number of benzene rings is 1. The molecule has 0 radical (unpaired) electrons. The zero-order chi connectivity index (χ0) is 18.0. The lowest BCUT2D eigenvalue weighted by molar-refractivity contribution is -0.114. The second-order valence-electron chi connectivity index (χ2n) is 5.60. The molecule has 2 N–H and O–H groups in total. The van der Waals surface area contributed by atoms with Gasteiger partial charge in [0.2, 0.25) is 15.9 Å². The quantitative estimate of drug-likeness (QED) is 0.730. The van der Waals surface area contributed by atoms with Crippen molar-refractivity contribution in [2.45, 2.75) is 25.3 Å². The molecule has 0 aliphatic carbocycles. The van der Waals surface area contributed by atoms with Gasteiger partial charge in [0.05, 0.1) is 22.8 Å². The zero-order valence-electron chi connectivity index (χ0n) is 13.9. The first-order valence-corrected chi connectivity index (χ1v) is 9.15. The maximum atomic E-state index is 12.5. The number of pyridine rings is 1. The topological polar surface area (TPSA) is 92.6 Å². The standard InChI is InChI=1S/C17H18N4O3S/c1-12-16(21-10-4-3-5-17(21)19-12)11-18-25(23,24)15-8-6-14(7-9-15)20-13(2)22/h3-10,18H,11H2,1-2H3,(H,20,22). The number of amides is 1. The van der Waals surface area contributed by atoms with E-state index in [0.29, 0.717) is 5.69 Å². The first kappa shape index (κ1) is 17.1. The minimum Gasteiger partial charge on any atom is -0.326 e. The van der Waals surface area contributed by atoms with Crippen LogP contribution in [0.4, 0.5) is 5.69 Å². The molecule has 1 amide bonds. The van der Waals surface area contributed by atoms with E-state index in [-0.39, 0.29) is 17.3 Å². The third-order valence-electron chi connectivity index (χ3n) is 3.74. The molecule has 0 atom stereocenters. The van der Waals surface area contributed by atoms with Crippen LogP contribution in [0.25, 0.3) is 5.65 Å². The van der Waals surface area contributed by atoms with Crippen LogP contribution in [0.3, 0.4) is 0 Å². The summed E-state index contributed by atoms with van der Waals surface area (Å²) in [7, 11) is -3.67. The minimum absolute atomic E-state index is 0.132. The van der Waals surface area contributed by atoms with Gasteiger partial charge in [0.25, 0.3) is 0 Å². The average molecular weight is 358 g/mol. The van der Waals surface area contributed by atoms with Gasteiger partial charge in [0, 0.05) is 18.8 Å². The van der Waals surface area contributed by atoms with Crippen molar-refractivity contribution in [2.24, 2.45) is 0 Å². The molecule has 2 heterocycles. The van der Waals surface area contributed by atoms with E-state index in [1.807, 2.05) is 35.7 Å². The number of hydrogen-bond acceptors (Lipinski definition) is 4. The van der Waals surface area contributed by atoms with Gasteiger partial charge < -0.3 is 9.72 Å². The van der Waals surface area contributed by atoms with E-state index >= 15 is 0 Å². The van der Waals surface area contributed by atoms with E-state index in [1.54, 1.807) is 12.1 Å². The average Bonchev–Trinajstić information content (AvgIpc) is 2.88. The van der Waals surface area contributed by atoms with E-state index in [1.165, 1.54) is 19.1 Å². The maximum Gasteiger partial charge on any atom is 0.240 e. The second kappa shape index (κ2) is 6.66. The van der Waals surface area contributed by atoms with Crippen molar-refractivity contribution in [3.63, 3.8) is 0 Å². The van der Waals surface area contributed by atoms with Gasteiger partial charge in [-0.15, -0.1) is 0 Å². The molecule has 3 aromatic rings. The van der Waals surface area contributed by atoms with Crippen molar-refractivity contribution >= 4 is 27.3 Å². The number of fused-ring (bicyclic) bond motifs is 1.